The van der Waals surface area contributed by atoms with Gasteiger partial charge in [0, 0.05) is 0 Å². The Labute approximate surface area is 94.8 Å². The first-order valence-electron chi connectivity index (χ1n) is 6.13. The Hall–Kier alpha value is -0.610. The Bertz CT molecular complexity index is 327. The van der Waals surface area contributed by atoms with E-state index in [1.807, 2.05) is 0 Å². The van der Waals surface area contributed by atoms with Crippen molar-refractivity contribution in [2.24, 2.45) is 23.0 Å². The van der Waals surface area contributed by atoms with Gasteiger partial charge in [0.15, 0.2) is 0 Å². The van der Waals surface area contributed by atoms with Crippen molar-refractivity contribution in [1.82, 2.24) is 0 Å². The maximum atomic E-state index is 11.1. The van der Waals surface area contributed by atoms with Gasteiger partial charge in [0.1, 0.15) is 6.04 Å². The molecule has 4 saturated carbocycles. The molecule has 0 amide bonds. The number of hydrogen-bond donors (Lipinski definition) is 3. The molecule has 4 heteroatoms. The highest BCUT2D eigenvalue weighted by Crippen LogP contribution is 2.62. The monoisotopic (exact) mass is 225 g/mol. The van der Waals surface area contributed by atoms with Crippen LogP contribution >= 0.6 is 0 Å². The molecule has 5 atom stereocenters. The van der Waals surface area contributed by atoms with Gasteiger partial charge in [-0.05, 0) is 55.8 Å². The van der Waals surface area contributed by atoms with Crippen molar-refractivity contribution in [3.05, 3.63) is 0 Å². The Kier molecular flexibility index (Phi) is 1.97. The van der Waals surface area contributed by atoms with E-state index >= 15 is 0 Å². The predicted molar refractivity (Wildman–Crippen MR) is 57.7 cm³/mol. The van der Waals surface area contributed by atoms with E-state index in [0.717, 1.165) is 32.1 Å². The van der Waals surface area contributed by atoms with Gasteiger partial charge in [-0.25, -0.2) is 0 Å². The molecule has 4 aliphatic rings. The van der Waals surface area contributed by atoms with Gasteiger partial charge in [0.25, 0.3) is 0 Å². The Morgan fingerprint density at radius 1 is 1.25 bits per heavy atom. The van der Waals surface area contributed by atoms with E-state index in [1.54, 1.807) is 0 Å². The fourth-order valence-corrected chi connectivity index (χ4v) is 4.91. The van der Waals surface area contributed by atoms with E-state index in [0.29, 0.717) is 18.3 Å². The predicted octanol–water partition coefficient (Wildman–Crippen LogP) is 0.730. The van der Waals surface area contributed by atoms with Crippen LogP contribution in [0.4, 0.5) is 0 Å². The van der Waals surface area contributed by atoms with Crippen molar-refractivity contribution in [2.75, 3.05) is 0 Å². The number of carbonyl (C=O) groups is 1. The lowest BCUT2D eigenvalue weighted by atomic mass is 9.46. The molecule has 16 heavy (non-hydrogen) atoms. The molecule has 4 fully saturated rings. The van der Waals surface area contributed by atoms with Crippen LogP contribution in [0.5, 0.6) is 0 Å². The SMILES string of the molecule is N[C@H](C(=O)O)C12CC3C[C@@H](CC(O)(C3)C1)C2. The van der Waals surface area contributed by atoms with Gasteiger partial charge >= 0.3 is 5.97 Å². The third-order valence-electron chi connectivity index (χ3n) is 5.00. The van der Waals surface area contributed by atoms with E-state index in [9.17, 15) is 9.90 Å². The summed E-state index contributed by atoms with van der Waals surface area (Å²) in [4.78, 5) is 11.1. The number of aliphatic carboxylic acids is 1. The average Bonchev–Trinajstić information content (AvgIpc) is 2.12. The van der Waals surface area contributed by atoms with Crippen LogP contribution in [-0.2, 0) is 4.79 Å². The van der Waals surface area contributed by atoms with E-state index in [4.69, 9.17) is 10.8 Å². The lowest BCUT2D eigenvalue weighted by Crippen LogP contribution is -2.62. The zero-order valence-corrected chi connectivity index (χ0v) is 9.35. The summed E-state index contributed by atoms with van der Waals surface area (Å²) in [5.74, 6) is 0.0823. The van der Waals surface area contributed by atoms with Crippen LogP contribution in [0.2, 0.25) is 0 Å². The molecule has 4 bridgehead atoms. The molecule has 0 aromatic carbocycles. The minimum atomic E-state index is -0.912. The van der Waals surface area contributed by atoms with Crippen molar-refractivity contribution in [3.63, 3.8) is 0 Å². The van der Waals surface area contributed by atoms with Gasteiger partial charge in [0.2, 0.25) is 0 Å². The molecule has 0 aliphatic heterocycles. The number of hydrogen-bond acceptors (Lipinski definition) is 3. The molecule has 4 aliphatic carbocycles. The summed E-state index contributed by atoms with van der Waals surface area (Å²) in [6.45, 7) is 0. The molecule has 4 rings (SSSR count). The summed E-state index contributed by atoms with van der Waals surface area (Å²) in [5, 5.41) is 19.6. The number of nitrogens with two attached hydrogens (primary N) is 1. The molecule has 0 spiro atoms. The highest BCUT2D eigenvalue weighted by molar-refractivity contribution is 5.74. The molecular weight excluding hydrogens is 206 g/mol. The Morgan fingerprint density at radius 2 is 1.81 bits per heavy atom. The molecular formula is C12H19NO3. The van der Waals surface area contributed by atoms with Crippen LogP contribution in [-0.4, -0.2) is 27.8 Å². The maximum absolute atomic E-state index is 11.1. The normalized spacial score (nSPS) is 51.6. The first-order chi connectivity index (χ1) is 7.42. The van der Waals surface area contributed by atoms with E-state index in [1.165, 1.54) is 0 Å². The fraction of sp³-hybridized carbons (Fsp3) is 0.917. The lowest BCUT2D eigenvalue weighted by molar-refractivity contribution is -0.179. The summed E-state index contributed by atoms with van der Waals surface area (Å²) in [7, 11) is 0. The van der Waals surface area contributed by atoms with Crippen LogP contribution in [0, 0.1) is 17.3 Å². The number of aliphatic hydroxyl groups is 1. The second kappa shape index (κ2) is 2.99. The summed E-state index contributed by atoms with van der Waals surface area (Å²) >= 11 is 0. The second-order valence-electron chi connectivity index (χ2n) is 6.36. The van der Waals surface area contributed by atoms with E-state index in [-0.39, 0.29) is 5.41 Å². The molecule has 0 aromatic heterocycles. The van der Waals surface area contributed by atoms with Crippen LogP contribution in [0.1, 0.15) is 38.5 Å². The molecule has 90 valence electrons. The zero-order valence-electron chi connectivity index (χ0n) is 9.35. The van der Waals surface area contributed by atoms with Gasteiger partial charge in [-0.3, -0.25) is 4.79 Å². The van der Waals surface area contributed by atoms with Crippen LogP contribution < -0.4 is 5.73 Å². The molecule has 0 saturated heterocycles. The van der Waals surface area contributed by atoms with Crippen LogP contribution in [0.15, 0.2) is 0 Å². The summed E-state index contributed by atoms with van der Waals surface area (Å²) < 4.78 is 0. The largest absolute Gasteiger partial charge is 0.480 e. The highest BCUT2D eigenvalue weighted by atomic mass is 16.4. The number of carboxylic acid groups (broad SMARTS) is 1. The van der Waals surface area contributed by atoms with Crippen molar-refractivity contribution < 1.29 is 15.0 Å². The van der Waals surface area contributed by atoms with Crippen molar-refractivity contribution in [2.45, 2.75) is 50.2 Å². The fourth-order valence-electron chi connectivity index (χ4n) is 4.91. The first kappa shape index (κ1) is 10.5. The minimum absolute atomic E-state index is 0.329. The van der Waals surface area contributed by atoms with E-state index < -0.39 is 17.6 Å². The number of rotatable bonds is 2. The lowest BCUT2D eigenvalue weighted by Gasteiger charge is -2.61. The Balaban J connectivity index is 1.94. The van der Waals surface area contributed by atoms with Crippen LogP contribution in [0.25, 0.3) is 0 Å². The Morgan fingerprint density at radius 3 is 2.25 bits per heavy atom. The van der Waals surface area contributed by atoms with Crippen LogP contribution in [0.3, 0.4) is 0 Å². The van der Waals surface area contributed by atoms with Crippen molar-refractivity contribution >= 4 is 5.97 Å². The number of carboxylic acids is 1. The quantitative estimate of drug-likeness (QED) is 0.647. The van der Waals surface area contributed by atoms with Gasteiger partial charge in [-0.1, -0.05) is 0 Å². The first-order valence-corrected chi connectivity index (χ1v) is 6.13. The van der Waals surface area contributed by atoms with Crippen molar-refractivity contribution in [3.8, 4) is 0 Å². The highest BCUT2D eigenvalue weighted by Gasteiger charge is 2.60. The molecule has 4 nitrogen and oxygen atoms in total. The average molecular weight is 225 g/mol. The van der Waals surface area contributed by atoms with Gasteiger partial charge in [0.05, 0.1) is 5.60 Å². The standard InChI is InChI=1S/C12H19NO3/c13-9(10(14)15)11-2-7-1-8(3-11)5-12(16,4-7)6-11/h7-9,16H,1-6,13H2,(H,14,15)/t7-,8?,9-,11?,12?/m1/s1. The topological polar surface area (TPSA) is 83.6 Å². The summed E-state index contributed by atoms with van der Waals surface area (Å²) in [6, 6.07) is -0.801. The zero-order chi connectivity index (χ0) is 11.6. The molecule has 4 N–H and O–H groups in total. The summed E-state index contributed by atoms with van der Waals surface area (Å²) in [6.07, 6.45) is 5.28. The third kappa shape index (κ3) is 1.32. The molecule has 0 radical (unpaired) electrons. The van der Waals surface area contributed by atoms with E-state index in [2.05, 4.69) is 0 Å². The van der Waals surface area contributed by atoms with Gasteiger partial charge in [-0.2, -0.15) is 0 Å². The second-order valence-corrected chi connectivity index (χ2v) is 6.36. The summed E-state index contributed by atoms with van der Waals surface area (Å²) in [5.41, 5.74) is 4.92. The maximum Gasteiger partial charge on any atom is 0.321 e. The minimum Gasteiger partial charge on any atom is -0.480 e. The molecule has 0 heterocycles. The van der Waals surface area contributed by atoms with Gasteiger partial charge in [-0.15, -0.1) is 0 Å². The third-order valence-corrected chi connectivity index (χ3v) is 5.00. The smallest absolute Gasteiger partial charge is 0.321 e. The molecule has 3 unspecified atom stereocenters. The molecule has 0 aromatic rings. The van der Waals surface area contributed by atoms with Gasteiger partial charge < -0.3 is 15.9 Å². The van der Waals surface area contributed by atoms with Crippen molar-refractivity contribution in [1.29, 1.82) is 0 Å².